The van der Waals surface area contributed by atoms with E-state index >= 15 is 0 Å². The van der Waals surface area contributed by atoms with Crippen LogP contribution in [0.15, 0.2) is 22.7 Å². The standard InChI is InChI=1S/C14H14BrN3O3/c1-8-14(15)9(2)18(17-8)6-13(19)16-10-3-4-11-12(5-10)21-7-20-11/h3-5H,6-7H2,1-2H3,(H,16,19). The van der Waals surface area contributed by atoms with Gasteiger partial charge in [-0.05, 0) is 41.9 Å². The molecule has 0 saturated heterocycles. The summed E-state index contributed by atoms with van der Waals surface area (Å²) in [7, 11) is 0. The maximum Gasteiger partial charge on any atom is 0.246 e. The van der Waals surface area contributed by atoms with Gasteiger partial charge in [-0.25, -0.2) is 0 Å². The maximum atomic E-state index is 12.1. The van der Waals surface area contributed by atoms with Crippen molar-refractivity contribution in [3.8, 4) is 11.5 Å². The first-order chi connectivity index (χ1) is 10.0. The molecule has 110 valence electrons. The van der Waals surface area contributed by atoms with E-state index in [1.165, 1.54) is 0 Å². The lowest BCUT2D eigenvalue weighted by atomic mass is 10.3. The van der Waals surface area contributed by atoms with E-state index in [-0.39, 0.29) is 19.2 Å². The highest BCUT2D eigenvalue weighted by Gasteiger charge is 2.15. The van der Waals surface area contributed by atoms with Crippen molar-refractivity contribution in [1.29, 1.82) is 0 Å². The van der Waals surface area contributed by atoms with Crippen LogP contribution in [0.5, 0.6) is 11.5 Å². The Morgan fingerprint density at radius 3 is 2.86 bits per heavy atom. The van der Waals surface area contributed by atoms with Crippen LogP contribution in [0.2, 0.25) is 0 Å². The van der Waals surface area contributed by atoms with Crippen molar-refractivity contribution in [2.75, 3.05) is 12.1 Å². The van der Waals surface area contributed by atoms with Crippen LogP contribution >= 0.6 is 15.9 Å². The predicted octanol–water partition coefficient (Wildman–Crippen LogP) is 2.63. The third kappa shape index (κ3) is 2.73. The van der Waals surface area contributed by atoms with Gasteiger partial charge >= 0.3 is 0 Å². The number of aromatic nitrogens is 2. The van der Waals surface area contributed by atoms with Crippen LogP contribution in [-0.4, -0.2) is 22.5 Å². The molecule has 0 fully saturated rings. The largest absolute Gasteiger partial charge is 0.454 e. The Hall–Kier alpha value is -2.02. The molecule has 0 unspecified atom stereocenters. The summed E-state index contributed by atoms with van der Waals surface area (Å²) in [4.78, 5) is 12.1. The number of halogens is 1. The number of carbonyl (C=O) groups excluding carboxylic acids is 1. The van der Waals surface area contributed by atoms with Gasteiger partial charge in [0.05, 0.1) is 15.9 Å². The Morgan fingerprint density at radius 2 is 2.14 bits per heavy atom. The zero-order valence-electron chi connectivity index (χ0n) is 11.6. The van der Waals surface area contributed by atoms with Crippen molar-refractivity contribution >= 4 is 27.5 Å². The molecule has 2 heterocycles. The van der Waals surface area contributed by atoms with Crippen molar-refractivity contribution < 1.29 is 14.3 Å². The van der Waals surface area contributed by atoms with Crippen LogP contribution in [0.4, 0.5) is 5.69 Å². The molecule has 0 spiro atoms. The SMILES string of the molecule is Cc1nn(CC(=O)Nc2ccc3c(c2)OCO3)c(C)c1Br. The average Bonchev–Trinajstić information content (AvgIpc) is 3.00. The number of hydrogen-bond acceptors (Lipinski definition) is 4. The van der Waals surface area contributed by atoms with E-state index in [0.717, 1.165) is 15.9 Å². The fourth-order valence-corrected chi connectivity index (χ4v) is 2.42. The summed E-state index contributed by atoms with van der Waals surface area (Å²) in [5, 5.41) is 7.14. The van der Waals surface area contributed by atoms with Crippen LogP contribution in [0, 0.1) is 13.8 Å². The molecule has 1 aromatic heterocycles. The lowest BCUT2D eigenvalue weighted by Gasteiger charge is -2.07. The van der Waals surface area contributed by atoms with Crippen molar-refractivity contribution in [2.24, 2.45) is 0 Å². The zero-order chi connectivity index (χ0) is 15.0. The van der Waals surface area contributed by atoms with E-state index < -0.39 is 0 Å². The van der Waals surface area contributed by atoms with Crippen LogP contribution in [0.1, 0.15) is 11.4 Å². The second-order valence-corrected chi connectivity index (χ2v) is 5.55. The topological polar surface area (TPSA) is 65.4 Å². The molecule has 0 saturated carbocycles. The highest BCUT2D eigenvalue weighted by Crippen LogP contribution is 2.34. The lowest BCUT2D eigenvalue weighted by Crippen LogP contribution is -2.20. The molecule has 2 aromatic rings. The molecule has 0 bridgehead atoms. The van der Waals surface area contributed by atoms with Gasteiger partial charge in [-0.2, -0.15) is 5.10 Å². The summed E-state index contributed by atoms with van der Waals surface area (Å²) >= 11 is 3.45. The van der Waals surface area contributed by atoms with E-state index in [1.807, 2.05) is 13.8 Å². The summed E-state index contributed by atoms with van der Waals surface area (Å²) in [6.07, 6.45) is 0. The molecule has 21 heavy (non-hydrogen) atoms. The van der Waals surface area contributed by atoms with Gasteiger partial charge in [-0.1, -0.05) is 0 Å². The second-order valence-electron chi connectivity index (χ2n) is 4.76. The molecule has 1 N–H and O–H groups in total. The molecule has 1 aliphatic heterocycles. The number of aryl methyl sites for hydroxylation is 1. The molecule has 1 aromatic carbocycles. The first kappa shape index (κ1) is 13.9. The van der Waals surface area contributed by atoms with Gasteiger partial charge < -0.3 is 14.8 Å². The monoisotopic (exact) mass is 351 g/mol. The number of amides is 1. The van der Waals surface area contributed by atoms with E-state index in [4.69, 9.17) is 9.47 Å². The molecule has 0 atom stereocenters. The summed E-state index contributed by atoms with van der Waals surface area (Å²) in [5.41, 5.74) is 2.46. The molecule has 6 nitrogen and oxygen atoms in total. The predicted molar refractivity (Wildman–Crippen MR) is 80.6 cm³/mol. The minimum absolute atomic E-state index is 0.146. The zero-order valence-corrected chi connectivity index (χ0v) is 13.2. The number of ether oxygens (including phenoxy) is 2. The van der Waals surface area contributed by atoms with Crippen LogP contribution in [0.25, 0.3) is 0 Å². The van der Waals surface area contributed by atoms with E-state index in [1.54, 1.807) is 22.9 Å². The Bertz CT molecular complexity index is 712. The normalized spacial score (nSPS) is 12.5. The molecular formula is C14H14BrN3O3. The van der Waals surface area contributed by atoms with Crippen LogP contribution < -0.4 is 14.8 Å². The Morgan fingerprint density at radius 1 is 1.38 bits per heavy atom. The summed E-state index contributed by atoms with van der Waals surface area (Å²) < 4.78 is 13.1. The number of rotatable bonds is 3. The van der Waals surface area contributed by atoms with Gasteiger partial charge in [-0.3, -0.25) is 9.48 Å². The molecule has 0 radical (unpaired) electrons. The summed E-state index contributed by atoms with van der Waals surface area (Å²) in [6.45, 7) is 4.18. The third-order valence-electron chi connectivity index (χ3n) is 3.24. The number of carbonyl (C=O) groups is 1. The van der Waals surface area contributed by atoms with Gasteiger partial charge in [0.2, 0.25) is 12.7 Å². The Balaban J connectivity index is 1.70. The first-order valence-electron chi connectivity index (χ1n) is 6.43. The van der Waals surface area contributed by atoms with Crippen molar-refractivity contribution in [2.45, 2.75) is 20.4 Å². The summed E-state index contributed by atoms with van der Waals surface area (Å²) in [5.74, 6) is 1.18. The molecule has 7 heteroatoms. The highest BCUT2D eigenvalue weighted by molar-refractivity contribution is 9.10. The van der Waals surface area contributed by atoms with Crippen LogP contribution in [0.3, 0.4) is 0 Å². The van der Waals surface area contributed by atoms with Crippen molar-refractivity contribution in [3.63, 3.8) is 0 Å². The maximum absolute atomic E-state index is 12.1. The average molecular weight is 352 g/mol. The number of hydrogen-bond donors (Lipinski definition) is 1. The Labute approximate surface area is 130 Å². The van der Waals surface area contributed by atoms with Crippen molar-refractivity contribution in [1.82, 2.24) is 9.78 Å². The van der Waals surface area contributed by atoms with E-state index in [9.17, 15) is 4.79 Å². The highest BCUT2D eigenvalue weighted by atomic mass is 79.9. The van der Waals surface area contributed by atoms with Gasteiger partial charge in [0.25, 0.3) is 0 Å². The molecule has 1 amide bonds. The van der Waals surface area contributed by atoms with Crippen molar-refractivity contribution in [3.05, 3.63) is 34.1 Å². The number of nitrogens with zero attached hydrogens (tertiary/aromatic N) is 2. The summed E-state index contributed by atoms with van der Waals surface area (Å²) in [6, 6.07) is 5.30. The number of benzene rings is 1. The lowest BCUT2D eigenvalue weighted by molar-refractivity contribution is -0.116. The van der Waals surface area contributed by atoms with Gasteiger partial charge in [0.1, 0.15) is 6.54 Å². The fourth-order valence-electron chi connectivity index (χ4n) is 2.14. The van der Waals surface area contributed by atoms with E-state index in [0.29, 0.717) is 17.2 Å². The quantitative estimate of drug-likeness (QED) is 0.922. The molecular weight excluding hydrogens is 338 g/mol. The molecule has 3 rings (SSSR count). The van der Waals surface area contributed by atoms with Crippen LogP contribution in [-0.2, 0) is 11.3 Å². The van der Waals surface area contributed by atoms with E-state index in [2.05, 4.69) is 26.3 Å². The fraction of sp³-hybridized carbons (Fsp3) is 0.286. The number of nitrogens with one attached hydrogen (secondary N) is 1. The van der Waals surface area contributed by atoms with Gasteiger partial charge in [0.15, 0.2) is 11.5 Å². The first-order valence-corrected chi connectivity index (χ1v) is 7.23. The molecule has 0 aliphatic carbocycles. The van der Waals surface area contributed by atoms with Gasteiger partial charge in [-0.15, -0.1) is 0 Å². The minimum atomic E-state index is -0.146. The number of fused-ring (bicyclic) bond motifs is 1. The molecule has 1 aliphatic rings. The van der Waals surface area contributed by atoms with Gasteiger partial charge in [0, 0.05) is 11.8 Å². The second kappa shape index (κ2) is 5.40. The smallest absolute Gasteiger partial charge is 0.246 e. The number of anilines is 1. The third-order valence-corrected chi connectivity index (χ3v) is 4.39. The minimum Gasteiger partial charge on any atom is -0.454 e. The Kier molecular flexibility index (Phi) is 3.59.